The predicted octanol–water partition coefficient (Wildman–Crippen LogP) is 2.87. The third-order valence-electron chi connectivity index (χ3n) is 4.06. The average molecular weight is 440 g/mol. The zero-order chi connectivity index (χ0) is 23.1. The third-order valence-corrected chi connectivity index (χ3v) is 4.06. The van der Waals surface area contributed by atoms with Crippen LogP contribution in [0.5, 0.6) is 11.5 Å². The fourth-order valence-electron chi connectivity index (χ4n) is 2.71. The number of para-hydroxylation sites is 1. The molecule has 3 N–H and O–H groups in total. The number of ether oxygens (including phenoxy) is 3. The van der Waals surface area contributed by atoms with Crippen LogP contribution < -0.4 is 20.5 Å². The summed E-state index contributed by atoms with van der Waals surface area (Å²) in [7, 11) is 1.35. The summed E-state index contributed by atoms with van der Waals surface area (Å²) < 4.78 is 15.7. The van der Waals surface area contributed by atoms with E-state index < -0.39 is 16.6 Å². The lowest BCUT2D eigenvalue weighted by Gasteiger charge is -2.12. The number of nitro benzene ring substituents is 1. The maximum atomic E-state index is 12.6. The molecule has 0 aliphatic heterocycles. The minimum atomic E-state index is -0.963. The van der Waals surface area contributed by atoms with Crippen LogP contribution in [0, 0.1) is 10.1 Å². The second-order valence-corrected chi connectivity index (χ2v) is 6.21. The van der Waals surface area contributed by atoms with Crippen molar-refractivity contribution in [3.8, 4) is 11.5 Å². The molecule has 0 saturated carbocycles. The Balaban J connectivity index is 1.80. The fourth-order valence-corrected chi connectivity index (χ4v) is 2.71. The molecule has 32 heavy (non-hydrogen) atoms. The molecule has 0 unspecified atom stereocenters. The van der Waals surface area contributed by atoms with Gasteiger partial charge in [-0.25, -0.2) is 4.79 Å². The van der Waals surface area contributed by atoms with E-state index in [2.05, 4.69) is 20.3 Å². The van der Waals surface area contributed by atoms with Crippen molar-refractivity contribution in [3.05, 3.63) is 64.0 Å². The van der Waals surface area contributed by atoms with Gasteiger partial charge in [0.25, 0.3) is 5.69 Å². The normalized spacial score (nSPS) is 10.3. The number of esters is 1. The number of benzene rings is 2. The van der Waals surface area contributed by atoms with E-state index in [9.17, 15) is 14.9 Å². The van der Waals surface area contributed by atoms with Gasteiger partial charge < -0.3 is 25.3 Å². The second kappa shape index (κ2) is 10.0. The first-order chi connectivity index (χ1) is 15.4. The van der Waals surface area contributed by atoms with Gasteiger partial charge in [-0.1, -0.05) is 18.2 Å². The van der Waals surface area contributed by atoms with Crippen molar-refractivity contribution >= 4 is 29.2 Å². The summed E-state index contributed by atoms with van der Waals surface area (Å²) >= 11 is 0. The number of nitrogen functional groups attached to an aromatic ring is 1. The zero-order valence-corrected chi connectivity index (χ0v) is 17.3. The molecule has 166 valence electrons. The Labute approximate surface area is 182 Å². The molecule has 0 amide bonds. The molecule has 0 saturated heterocycles. The van der Waals surface area contributed by atoms with Gasteiger partial charge >= 0.3 is 5.97 Å². The molecule has 0 atom stereocenters. The van der Waals surface area contributed by atoms with Gasteiger partial charge in [0.1, 0.15) is 5.56 Å². The van der Waals surface area contributed by atoms with Crippen LogP contribution in [0.15, 0.2) is 42.5 Å². The highest BCUT2D eigenvalue weighted by atomic mass is 16.6. The zero-order valence-electron chi connectivity index (χ0n) is 17.3. The molecular weight excluding hydrogens is 420 g/mol. The standard InChI is InChI=1S/C20H20N6O6/c1-3-31-16-10-14(26(28)29)13(9-15(16)30-2)18(27)32-11-17-23-19(21)25-20(24-17)22-12-7-5-4-6-8-12/h4-10H,3,11H2,1-2H3,(H3,21,22,23,24,25). The van der Waals surface area contributed by atoms with E-state index in [1.807, 2.05) is 18.2 Å². The predicted molar refractivity (Wildman–Crippen MR) is 114 cm³/mol. The molecule has 12 nitrogen and oxygen atoms in total. The first kappa shape index (κ1) is 22.2. The minimum Gasteiger partial charge on any atom is -0.493 e. The van der Waals surface area contributed by atoms with E-state index in [1.54, 1.807) is 19.1 Å². The van der Waals surface area contributed by atoms with Gasteiger partial charge in [0.15, 0.2) is 23.9 Å². The summed E-state index contributed by atoms with van der Waals surface area (Å²) in [5.74, 6) is -0.538. The van der Waals surface area contributed by atoms with Crippen LogP contribution in [0.4, 0.5) is 23.3 Å². The van der Waals surface area contributed by atoms with Crippen molar-refractivity contribution in [3.63, 3.8) is 0 Å². The summed E-state index contributed by atoms with van der Waals surface area (Å²) in [6.07, 6.45) is 0. The Bertz CT molecular complexity index is 1130. The van der Waals surface area contributed by atoms with E-state index >= 15 is 0 Å². The number of carbonyl (C=O) groups excluding carboxylic acids is 1. The van der Waals surface area contributed by atoms with Gasteiger partial charge in [0.05, 0.1) is 24.7 Å². The lowest BCUT2D eigenvalue weighted by molar-refractivity contribution is -0.385. The number of rotatable bonds is 9. The summed E-state index contributed by atoms with van der Waals surface area (Å²) in [6, 6.07) is 11.4. The number of anilines is 3. The van der Waals surface area contributed by atoms with Gasteiger partial charge in [-0.2, -0.15) is 15.0 Å². The molecule has 3 aromatic rings. The maximum absolute atomic E-state index is 12.6. The van der Waals surface area contributed by atoms with Crippen molar-refractivity contribution in [2.24, 2.45) is 0 Å². The molecule has 0 spiro atoms. The molecule has 3 rings (SSSR count). The van der Waals surface area contributed by atoms with Crippen molar-refractivity contribution < 1.29 is 23.9 Å². The summed E-state index contributed by atoms with van der Waals surface area (Å²) in [5.41, 5.74) is 5.64. The first-order valence-electron chi connectivity index (χ1n) is 9.40. The number of nitrogens with one attached hydrogen (secondary N) is 1. The molecule has 12 heteroatoms. The van der Waals surface area contributed by atoms with Gasteiger partial charge in [-0.05, 0) is 19.1 Å². The monoisotopic (exact) mass is 440 g/mol. The quantitative estimate of drug-likeness (QED) is 0.285. The number of nitrogens with two attached hydrogens (primary N) is 1. The largest absolute Gasteiger partial charge is 0.493 e. The maximum Gasteiger partial charge on any atom is 0.345 e. The highest BCUT2D eigenvalue weighted by Gasteiger charge is 2.26. The van der Waals surface area contributed by atoms with Crippen LogP contribution >= 0.6 is 0 Å². The highest BCUT2D eigenvalue weighted by molar-refractivity contribution is 5.95. The van der Waals surface area contributed by atoms with Gasteiger partial charge in [0, 0.05) is 11.8 Å². The second-order valence-electron chi connectivity index (χ2n) is 6.21. The van der Waals surface area contributed by atoms with Crippen LogP contribution in [0.1, 0.15) is 23.1 Å². The lowest BCUT2D eigenvalue weighted by Crippen LogP contribution is -2.13. The van der Waals surface area contributed by atoms with Crippen LogP contribution in [0.3, 0.4) is 0 Å². The number of hydrogen-bond acceptors (Lipinski definition) is 11. The van der Waals surface area contributed by atoms with Crippen molar-refractivity contribution in [2.75, 3.05) is 24.8 Å². The van der Waals surface area contributed by atoms with E-state index in [-0.39, 0.29) is 48.0 Å². The Kier molecular flexibility index (Phi) is 6.95. The van der Waals surface area contributed by atoms with Crippen molar-refractivity contribution in [1.29, 1.82) is 0 Å². The summed E-state index contributed by atoms with van der Waals surface area (Å²) in [4.78, 5) is 35.4. The molecule has 2 aromatic carbocycles. The number of aromatic nitrogens is 3. The molecule has 0 bridgehead atoms. The smallest absolute Gasteiger partial charge is 0.345 e. The number of nitrogens with zero attached hydrogens (tertiary/aromatic N) is 4. The Hall–Kier alpha value is -4.48. The van der Waals surface area contributed by atoms with Gasteiger partial charge in [-0.15, -0.1) is 0 Å². The van der Waals surface area contributed by atoms with Crippen LogP contribution in [0.25, 0.3) is 0 Å². The van der Waals surface area contributed by atoms with E-state index in [0.29, 0.717) is 0 Å². The van der Waals surface area contributed by atoms with Crippen LogP contribution in [-0.2, 0) is 11.3 Å². The Morgan fingerprint density at radius 3 is 2.56 bits per heavy atom. The topological polar surface area (TPSA) is 165 Å². The van der Waals surface area contributed by atoms with Crippen molar-refractivity contribution in [2.45, 2.75) is 13.5 Å². The van der Waals surface area contributed by atoms with Gasteiger partial charge in [0.2, 0.25) is 11.9 Å². The van der Waals surface area contributed by atoms with Crippen molar-refractivity contribution in [1.82, 2.24) is 15.0 Å². The van der Waals surface area contributed by atoms with Gasteiger partial charge in [-0.3, -0.25) is 10.1 Å². The van der Waals surface area contributed by atoms with E-state index in [0.717, 1.165) is 11.8 Å². The molecule has 0 aliphatic rings. The average Bonchev–Trinajstić information content (AvgIpc) is 2.77. The summed E-state index contributed by atoms with van der Waals surface area (Å²) in [5, 5.41) is 14.4. The van der Waals surface area contributed by atoms with Crippen LogP contribution in [0.2, 0.25) is 0 Å². The molecule has 0 radical (unpaired) electrons. The molecule has 0 aliphatic carbocycles. The van der Waals surface area contributed by atoms with E-state index in [1.165, 1.54) is 13.2 Å². The molecule has 1 aromatic heterocycles. The number of hydrogen-bond donors (Lipinski definition) is 2. The SMILES string of the molecule is CCOc1cc([N+](=O)[O-])c(C(=O)OCc2nc(N)nc(Nc3ccccc3)n2)cc1OC. The van der Waals surface area contributed by atoms with Crippen LogP contribution in [-0.4, -0.2) is 39.6 Å². The van der Waals surface area contributed by atoms with E-state index in [4.69, 9.17) is 19.9 Å². The molecule has 1 heterocycles. The Morgan fingerprint density at radius 1 is 1.16 bits per heavy atom. The third kappa shape index (κ3) is 5.36. The highest BCUT2D eigenvalue weighted by Crippen LogP contribution is 2.35. The molecular formula is C20H20N6O6. The lowest BCUT2D eigenvalue weighted by atomic mass is 10.1. The first-order valence-corrected chi connectivity index (χ1v) is 9.40. The fraction of sp³-hybridized carbons (Fsp3) is 0.200. The Morgan fingerprint density at radius 2 is 1.91 bits per heavy atom. The number of nitro groups is 1. The minimum absolute atomic E-state index is 0.0600. The number of carbonyl (C=O) groups is 1. The molecule has 0 fully saturated rings. The summed E-state index contributed by atoms with van der Waals surface area (Å²) in [6.45, 7) is 1.59. The number of methoxy groups -OCH3 is 1.